The fourth-order valence-corrected chi connectivity index (χ4v) is 3.37. The molecule has 1 aliphatic heterocycles. The van der Waals surface area contributed by atoms with Crippen LogP contribution >= 0.6 is 0 Å². The predicted molar refractivity (Wildman–Crippen MR) is 93.1 cm³/mol. The second-order valence-corrected chi connectivity index (χ2v) is 12.2. The van der Waals surface area contributed by atoms with Crippen LogP contribution in [0.4, 0.5) is 0 Å². The van der Waals surface area contributed by atoms with Gasteiger partial charge < -0.3 is 9.33 Å². The van der Waals surface area contributed by atoms with Gasteiger partial charge in [-0.3, -0.25) is 4.79 Å². The Bertz CT molecular complexity index is 546. The smallest absolute Gasteiger partial charge is 0.248 e. The van der Waals surface area contributed by atoms with Gasteiger partial charge in [0.05, 0.1) is 0 Å². The molecule has 3 nitrogen and oxygen atoms in total. The van der Waals surface area contributed by atoms with Crippen molar-refractivity contribution in [3.05, 3.63) is 48.0 Å². The molecule has 1 aromatic rings. The molecule has 0 aliphatic carbocycles. The molecule has 1 atom stereocenters. The summed E-state index contributed by atoms with van der Waals surface area (Å²) in [6.45, 7) is 11.8. The summed E-state index contributed by atoms with van der Waals surface area (Å²) in [5.74, 6) is 0.0552. The van der Waals surface area contributed by atoms with Gasteiger partial charge in [-0.05, 0) is 36.2 Å². The fraction of sp³-hybridized carbons (Fsp3) is 0.500. The summed E-state index contributed by atoms with van der Waals surface area (Å²) >= 11 is 0. The second kappa shape index (κ2) is 6.38. The predicted octanol–water partition coefficient (Wildman–Crippen LogP) is 3.98. The highest BCUT2D eigenvalue weighted by Crippen LogP contribution is 2.38. The summed E-state index contributed by atoms with van der Waals surface area (Å²) in [4.78, 5) is 14.0. The monoisotopic (exact) mass is 317 g/mol. The Labute approximate surface area is 135 Å². The third-order valence-electron chi connectivity index (χ3n) is 4.70. The maximum absolute atomic E-state index is 12.1. The van der Waals surface area contributed by atoms with E-state index in [1.807, 2.05) is 29.2 Å². The normalized spacial score (nSPS) is 19.0. The van der Waals surface area contributed by atoms with Crippen LogP contribution in [-0.4, -0.2) is 31.9 Å². The molecular weight excluding hydrogens is 290 g/mol. The van der Waals surface area contributed by atoms with E-state index in [9.17, 15) is 4.79 Å². The molecule has 0 bridgehead atoms. The van der Waals surface area contributed by atoms with Gasteiger partial charge in [-0.15, -0.1) is 0 Å². The van der Waals surface area contributed by atoms with E-state index in [1.165, 1.54) is 5.56 Å². The van der Waals surface area contributed by atoms with Gasteiger partial charge in [-0.1, -0.05) is 51.1 Å². The topological polar surface area (TPSA) is 29.5 Å². The number of carbonyl (C=O) groups is 1. The quantitative estimate of drug-likeness (QED) is 0.769. The van der Waals surface area contributed by atoms with Crippen LogP contribution in [-0.2, 0) is 15.6 Å². The zero-order chi connectivity index (χ0) is 16.4. The number of hydrogen-bond acceptors (Lipinski definition) is 2. The molecule has 2 rings (SSSR count). The van der Waals surface area contributed by atoms with Crippen molar-refractivity contribution < 1.29 is 9.22 Å². The first-order chi connectivity index (χ1) is 10.2. The minimum atomic E-state index is -1.89. The number of carbonyl (C=O) groups excluding carboxylic acids is 1. The minimum absolute atomic E-state index is 0.0552. The van der Waals surface area contributed by atoms with Crippen LogP contribution in [0.3, 0.4) is 0 Å². The molecule has 0 aromatic heterocycles. The molecular formula is C18H27NO2Si. The Balaban J connectivity index is 2.02. The van der Waals surface area contributed by atoms with Crippen LogP contribution < -0.4 is 0 Å². The minimum Gasteiger partial charge on any atom is -0.394 e. The highest BCUT2D eigenvalue weighted by molar-refractivity contribution is 6.74. The highest BCUT2D eigenvalue weighted by atomic mass is 28.4. The second-order valence-electron chi connectivity index (χ2n) is 7.40. The van der Waals surface area contributed by atoms with Crippen molar-refractivity contribution in [1.82, 2.24) is 4.90 Å². The molecule has 1 aliphatic rings. The summed E-state index contributed by atoms with van der Waals surface area (Å²) in [5, 5.41) is 0.136. The molecule has 1 aromatic carbocycles. The molecule has 4 heteroatoms. The first-order valence-electron chi connectivity index (χ1n) is 7.91. The van der Waals surface area contributed by atoms with Crippen LogP contribution in [0.25, 0.3) is 0 Å². The Hall–Kier alpha value is -1.39. The summed E-state index contributed by atoms with van der Waals surface area (Å²) in [7, 11) is -1.89. The van der Waals surface area contributed by atoms with Gasteiger partial charge in [0.2, 0.25) is 5.91 Å². The molecule has 0 fully saturated rings. The van der Waals surface area contributed by atoms with Crippen LogP contribution in [0.15, 0.2) is 42.5 Å². The summed E-state index contributed by atoms with van der Waals surface area (Å²) in [5.41, 5.74) is 1.24. The van der Waals surface area contributed by atoms with E-state index in [4.69, 9.17) is 4.43 Å². The van der Waals surface area contributed by atoms with E-state index in [2.05, 4.69) is 46.0 Å². The molecule has 0 N–H and O–H groups in total. The van der Waals surface area contributed by atoms with Crippen LogP contribution in [0, 0.1) is 0 Å². The number of rotatable bonds is 5. The van der Waals surface area contributed by atoms with Crippen LogP contribution in [0.2, 0.25) is 18.1 Å². The van der Waals surface area contributed by atoms with Gasteiger partial charge >= 0.3 is 0 Å². The number of nitrogens with zero attached hydrogens (tertiary/aromatic N) is 1. The molecule has 22 heavy (non-hydrogen) atoms. The maximum Gasteiger partial charge on any atom is 0.248 e. The van der Waals surface area contributed by atoms with E-state index < -0.39 is 8.32 Å². The van der Waals surface area contributed by atoms with Crippen molar-refractivity contribution >= 4 is 14.2 Å². The van der Waals surface area contributed by atoms with E-state index in [1.54, 1.807) is 6.08 Å². The average Bonchev–Trinajstić information content (AvgIpc) is 2.76. The lowest BCUT2D eigenvalue weighted by molar-refractivity contribution is -0.130. The van der Waals surface area contributed by atoms with Crippen molar-refractivity contribution in [2.45, 2.75) is 51.6 Å². The van der Waals surface area contributed by atoms with E-state index in [0.29, 0.717) is 6.54 Å². The molecule has 0 spiro atoms. The lowest BCUT2D eigenvalue weighted by Crippen LogP contribution is -2.48. The third kappa shape index (κ3) is 3.87. The molecule has 1 amide bonds. The summed E-state index contributed by atoms with van der Waals surface area (Å²) in [6, 6.07) is 10.3. The number of amides is 1. The van der Waals surface area contributed by atoms with Gasteiger partial charge in [0, 0.05) is 12.6 Å². The summed E-state index contributed by atoms with van der Waals surface area (Å²) in [6.07, 6.45) is 4.18. The first kappa shape index (κ1) is 17.0. The molecule has 120 valence electrons. The first-order valence-corrected chi connectivity index (χ1v) is 10.8. The Morgan fingerprint density at radius 1 is 1.18 bits per heavy atom. The van der Waals surface area contributed by atoms with E-state index in [-0.39, 0.29) is 17.2 Å². The summed E-state index contributed by atoms with van der Waals surface area (Å²) < 4.78 is 6.39. The lowest BCUT2D eigenvalue weighted by Gasteiger charge is -2.40. The Morgan fingerprint density at radius 2 is 1.82 bits per heavy atom. The molecule has 0 saturated carbocycles. The molecule has 0 saturated heterocycles. The molecule has 1 heterocycles. The van der Waals surface area contributed by atoms with Gasteiger partial charge in [0.25, 0.3) is 0 Å². The zero-order valence-electron chi connectivity index (χ0n) is 14.3. The van der Waals surface area contributed by atoms with Crippen LogP contribution in [0.5, 0.6) is 0 Å². The Kier molecular flexibility index (Phi) is 4.92. The van der Waals surface area contributed by atoms with Gasteiger partial charge in [0.1, 0.15) is 6.23 Å². The van der Waals surface area contributed by atoms with Crippen molar-refractivity contribution in [3.8, 4) is 0 Å². The third-order valence-corrected chi connectivity index (χ3v) is 9.14. The number of hydrogen-bond donors (Lipinski definition) is 0. The van der Waals surface area contributed by atoms with Crippen LogP contribution in [0.1, 0.15) is 26.3 Å². The average molecular weight is 318 g/mol. The van der Waals surface area contributed by atoms with Crippen molar-refractivity contribution in [3.63, 3.8) is 0 Å². The fourth-order valence-electron chi connectivity index (χ4n) is 2.20. The standard InChI is InChI=1S/C18H27NO2Si/c1-18(2,3)22(4,5)21-17-12-11-16(20)19(17)14-13-15-9-7-6-8-10-15/h6-12,17H,13-14H2,1-5H3/t17-/m0/s1. The van der Waals surface area contributed by atoms with E-state index in [0.717, 1.165) is 6.42 Å². The Morgan fingerprint density at radius 3 is 2.41 bits per heavy atom. The van der Waals surface area contributed by atoms with Crippen molar-refractivity contribution in [2.75, 3.05) is 6.54 Å². The van der Waals surface area contributed by atoms with Crippen molar-refractivity contribution in [1.29, 1.82) is 0 Å². The van der Waals surface area contributed by atoms with Gasteiger partial charge in [-0.25, -0.2) is 0 Å². The molecule has 0 radical (unpaired) electrons. The zero-order valence-corrected chi connectivity index (χ0v) is 15.3. The highest BCUT2D eigenvalue weighted by Gasteiger charge is 2.41. The largest absolute Gasteiger partial charge is 0.394 e. The lowest BCUT2D eigenvalue weighted by atomic mass is 10.1. The molecule has 0 unspecified atom stereocenters. The SMILES string of the molecule is CC(C)(C)[Si](C)(C)O[C@H]1C=CC(=O)N1CCc1ccccc1. The van der Waals surface area contributed by atoms with E-state index >= 15 is 0 Å². The van der Waals surface area contributed by atoms with Gasteiger partial charge in [-0.2, -0.15) is 0 Å². The maximum atomic E-state index is 12.1. The van der Waals surface area contributed by atoms with Gasteiger partial charge in [0.15, 0.2) is 8.32 Å². The number of benzene rings is 1. The van der Waals surface area contributed by atoms with Crippen molar-refractivity contribution in [2.24, 2.45) is 0 Å².